The van der Waals surface area contributed by atoms with Crippen molar-refractivity contribution in [1.29, 1.82) is 0 Å². The van der Waals surface area contributed by atoms with Gasteiger partial charge in [-0.15, -0.1) is 0 Å². The highest BCUT2D eigenvalue weighted by Crippen LogP contribution is 2.38. The molecule has 0 radical (unpaired) electrons. The van der Waals surface area contributed by atoms with Crippen LogP contribution in [-0.4, -0.2) is 17.0 Å². The first-order chi connectivity index (χ1) is 18.6. The van der Waals surface area contributed by atoms with Crippen LogP contribution in [0, 0.1) is 13.8 Å². The van der Waals surface area contributed by atoms with E-state index in [0.29, 0.717) is 12.5 Å². The SMILES string of the molecule is CCOc1ccc(/C(=C(/c2ccc(C)cc2)c2ccc(OC(C)=NC(C)(C)Br)cc2)c2ccc(C)cc2)cc1. The second-order valence-electron chi connectivity index (χ2n) is 10.1. The highest BCUT2D eigenvalue weighted by molar-refractivity contribution is 9.10. The molecule has 0 saturated carbocycles. The van der Waals surface area contributed by atoms with Crippen LogP contribution in [0.1, 0.15) is 61.1 Å². The third kappa shape index (κ3) is 7.70. The first kappa shape index (κ1) is 28.4. The molecule has 4 rings (SSSR count). The molecule has 0 aliphatic carbocycles. The number of halogens is 1. The minimum atomic E-state index is -0.376. The van der Waals surface area contributed by atoms with E-state index in [9.17, 15) is 0 Å². The predicted molar refractivity (Wildman–Crippen MR) is 168 cm³/mol. The number of ether oxygens (including phenoxy) is 2. The van der Waals surface area contributed by atoms with Crippen LogP contribution in [-0.2, 0) is 0 Å². The Morgan fingerprint density at radius 2 is 1.00 bits per heavy atom. The summed E-state index contributed by atoms with van der Waals surface area (Å²) in [6, 6.07) is 34.1. The van der Waals surface area contributed by atoms with Crippen LogP contribution in [0.2, 0.25) is 0 Å². The quantitative estimate of drug-likeness (QED) is 0.0681. The van der Waals surface area contributed by atoms with E-state index in [0.717, 1.165) is 44.9 Å². The minimum absolute atomic E-state index is 0.376. The molecule has 0 aromatic heterocycles. The summed E-state index contributed by atoms with van der Waals surface area (Å²) in [5.41, 5.74) is 9.31. The van der Waals surface area contributed by atoms with Crippen molar-refractivity contribution in [2.45, 2.75) is 46.0 Å². The van der Waals surface area contributed by atoms with Crippen LogP contribution in [0.4, 0.5) is 0 Å². The van der Waals surface area contributed by atoms with E-state index < -0.39 is 0 Å². The second-order valence-corrected chi connectivity index (χ2v) is 12.0. The monoisotopic (exact) mass is 581 g/mol. The zero-order chi connectivity index (χ0) is 28.0. The molecule has 0 fully saturated rings. The van der Waals surface area contributed by atoms with E-state index in [2.05, 4.69) is 108 Å². The third-order valence-corrected chi connectivity index (χ3v) is 6.39. The molecule has 0 amide bonds. The molecule has 0 aliphatic rings. The van der Waals surface area contributed by atoms with Crippen molar-refractivity contribution >= 4 is 33.0 Å². The molecule has 4 heteroatoms. The number of nitrogens with zero attached hydrogens (tertiary/aromatic N) is 1. The Bertz CT molecular complexity index is 1440. The Morgan fingerprint density at radius 3 is 1.36 bits per heavy atom. The third-order valence-electron chi connectivity index (χ3n) is 6.22. The maximum Gasteiger partial charge on any atom is 0.188 e. The van der Waals surface area contributed by atoms with Gasteiger partial charge in [0.05, 0.1) is 6.61 Å². The van der Waals surface area contributed by atoms with E-state index in [1.807, 2.05) is 52.0 Å². The molecule has 0 unspecified atom stereocenters. The molecule has 0 atom stereocenters. The molecule has 3 nitrogen and oxygen atoms in total. The first-order valence-corrected chi connectivity index (χ1v) is 14.1. The molecule has 0 N–H and O–H groups in total. The molecule has 0 bridgehead atoms. The summed E-state index contributed by atoms with van der Waals surface area (Å²) in [6.45, 7) is 12.7. The van der Waals surface area contributed by atoms with Crippen LogP contribution in [0.15, 0.2) is 102 Å². The summed E-state index contributed by atoms with van der Waals surface area (Å²) in [5.74, 6) is 2.22. The van der Waals surface area contributed by atoms with Gasteiger partial charge in [-0.3, -0.25) is 0 Å². The number of alkyl halides is 1. The van der Waals surface area contributed by atoms with E-state index in [-0.39, 0.29) is 4.45 Å². The topological polar surface area (TPSA) is 30.8 Å². The normalized spacial score (nSPS) is 12.6. The molecule has 39 heavy (non-hydrogen) atoms. The number of rotatable bonds is 8. The van der Waals surface area contributed by atoms with Gasteiger partial charge in [0, 0.05) is 6.92 Å². The summed E-state index contributed by atoms with van der Waals surface area (Å²) in [7, 11) is 0. The maximum absolute atomic E-state index is 6.02. The van der Waals surface area contributed by atoms with E-state index in [1.54, 1.807) is 0 Å². The van der Waals surface area contributed by atoms with Crippen LogP contribution in [0.25, 0.3) is 11.1 Å². The van der Waals surface area contributed by atoms with Gasteiger partial charge in [0.15, 0.2) is 5.90 Å². The lowest BCUT2D eigenvalue weighted by Crippen LogP contribution is -2.12. The molecule has 0 saturated heterocycles. The molecule has 0 aliphatic heterocycles. The smallest absolute Gasteiger partial charge is 0.188 e. The highest BCUT2D eigenvalue weighted by atomic mass is 79.9. The predicted octanol–water partition coefficient (Wildman–Crippen LogP) is 9.64. The van der Waals surface area contributed by atoms with Gasteiger partial charge in [0.2, 0.25) is 0 Å². The fourth-order valence-corrected chi connectivity index (χ4v) is 4.74. The standard InChI is InChI=1S/C35H36BrNO2/c1-7-38-31-20-16-29(17-21-31)33(27-12-8-24(2)9-13-27)34(28-14-10-25(3)11-15-28)30-18-22-32(23-19-30)39-26(4)37-35(5,6)36/h8-23H,7H2,1-6H3/b34-33-,37-26?. The summed E-state index contributed by atoms with van der Waals surface area (Å²) in [4.78, 5) is 4.54. The average molecular weight is 583 g/mol. The van der Waals surface area contributed by atoms with Crippen molar-refractivity contribution in [1.82, 2.24) is 0 Å². The van der Waals surface area contributed by atoms with Crippen molar-refractivity contribution in [3.8, 4) is 11.5 Å². The van der Waals surface area contributed by atoms with Crippen molar-refractivity contribution in [2.75, 3.05) is 6.61 Å². The van der Waals surface area contributed by atoms with Crippen LogP contribution >= 0.6 is 15.9 Å². The Hall–Kier alpha value is -3.63. The van der Waals surface area contributed by atoms with Gasteiger partial charge in [-0.2, -0.15) is 0 Å². The Kier molecular flexibility index (Phi) is 9.08. The molecular weight excluding hydrogens is 546 g/mol. The largest absolute Gasteiger partial charge is 0.494 e. The molecular formula is C35H36BrNO2. The first-order valence-electron chi connectivity index (χ1n) is 13.3. The second kappa shape index (κ2) is 12.5. The number of benzene rings is 4. The van der Waals surface area contributed by atoms with Crippen LogP contribution in [0.3, 0.4) is 0 Å². The van der Waals surface area contributed by atoms with Crippen molar-refractivity contribution in [3.63, 3.8) is 0 Å². The van der Waals surface area contributed by atoms with Gasteiger partial charge in [-0.25, -0.2) is 4.99 Å². The lowest BCUT2D eigenvalue weighted by molar-refractivity contribution is 0.340. The molecule has 4 aromatic carbocycles. The molecule has 0 spiro atoms. The van der Waals surface area contributed by atoms with Gasteiger partial charge >= 0.3 is 0 Å². The lowest BCUT2D eigenvalue weighted by atomic mass is 9.85. The van der Waals surface area contributed by atoms with Crippen molar-refractivity contribution < 1.29 is 9.47 Å². The number of hydrogen-bond donors (Lipinski definition) is 0. The van der Waals surface area contributed by atoms with Gasteiger partial charge in [-0.05, 0) is 92.3 Å². The summed E-state index contributed by atoms with van der Waals surface area (Å²) in [5, 5.41) is 0. The van der Waals surface area contributed by atoms with Gasteiger partial charge in [-0.1, -0.05) is 99.9 Å². The maximum atomic E-state index is 6.02. The van der Waals surface area contributed by atoms with Crippen LogP contribution in [0.5, 0.6) is 11.5 Å². The van der Waals surface area contributed by atoms with Crippen LogP contribution < -0.4 is 9.47 Å². The van der Waals surface area contributed by atoms with E-state index in [4.69, 9.17) is 9.47 Å². The average Bonchev–Trinajstić information content (AvgIpc) is 2.89. The van der Waals surface area contributed by atoms with Gasteiger partial charge < -0.3 is 9.47 Å². The molecule has 200 valence electrons. The van der Waals surface area contributed by atoms with Crippen molar-refractivity contribution in [2.24, 2.45) is 4.99 Å². The van der Waals surface area contributed by atoms with Gasteiger partial charge in [0.1, 0.15) is 15.9 Å². The van der Waals surface area contributed by atoms with E-state index >= 15 is 0 Å². The summed E-state index contributed by atoms with van der Waals surface area (Å²) in [6.07, 6.45) is 0. The molecule has 0 heterocycles. The van der Waals surface area contributed by atoms with Crippen molar-refractivity contribution in [3.05, 3.63) is 130 Å². The van der Waals surface area contributed by atoms with Gasteiger partial charge in [0.25, 0.3) is 0 Å². The lowest BCUT2D eigenvalue weighted by Gasteiger charge is -2.19. The Balaban J connectivity index is 1.91. The van der Waals surface area contributed by atoms with E-state index in [1.165, 1.54) is 11.1 Å². The number of aryl methyl sites for hydroxylation is 2. The zero-order valence-electron chi connectivity index (χ0n) is 23.6. The fraction of sp³-hybridized carbons (Fsp3) is 0.229. The number of hydrogen-bond acceptors (Lipinski definition) is 3. The highest BCUT2D eigenvalue weighted by Gasteiger charge is 2.17. The summed E-state index contributed by atoms with van der Waals surface area (Å²) >= 11 is 3.55. The minimum Gasteiger partial charge on any atom is -0.494 e. The fourth-order valence-electron chi connectivity index (χ4n) is 4.49. The zero-order valence-corrected chi connectivity index (χ0v) is 25.2. The Labute approximate surface area is 241 Å². The Morgan fingerprint density at radius 1 is 0.641 bits per heavy atom. The summed E-state index contributed by atoms with van der Waals surface area (Å²) < 4.78 is 11.4. The number of aliphatic imine (C=N–C) groups is 1. The molecule has 4 aromatic rings.